The molecule has 8 heteroatoms. The Morgan fingerprint density at radius 3 is 2.62 bits per heavy atom. The van der Waals surface area contributed by atoms with E-state index in [9.17, 15) is 4.39 Å². The second kappa shape index (κ2) is 8.41. The minimum absolute atomic E-state index is 0.0554. The van der Waals surface area contributed by atoms with Gasteiger partial charge in [0.1, 0.15) is 29.2 Å². The predicted molar refractivity (Wildman–Crippen MR) is 124 cm³/mol. The van der Waals surface area contributed by atoms with Crippen LogP contribution in [0.1, 0.15) is 0 Å². The van der Waals surface area contributed by atoms with Crippen LogP contribution in [0.3, 0.4) is 0 Å². The lowest BCUT2D eigenvalue weighted by atomic mass is 10.0. The molecule has 0 saturated carbocycles. The van der Waals surface area contributed by atoms with Crippen LogP contribution in [-0.4, -0.2) is 52.6 Å². The molecular formula is C24H20ClF2N5. The number of rotatable bonds is 4. The highest BCUT2D eigenvalue weighted by atomic mass is 35.5. The summed E-state index contributed by atoms with van der Waals surface area (Å²) in [6.45, 7) is 7.89. The minimum Gasteiger partial charge on any atom is -0.353 e. The predicted octanol–water partition coefficient (Wildman–Crippen LogP) is 5.08. The summed E-state index contributed by atoms with van der Waals surface area (Å²) < 4.78 is 29.8. The highest BCUT2D eigenvalue weighted by Crippen LogP contribution is 2.37. The van der Waals surface area contributed by atoms with Crippen LogP contribution >= 0.6 is 11.6 Å². The molecule has 0 amide bonds. The third-order valence-electron chi connectivity index (χ3n) is 5.85. The number of halogens is 3. The van der Waals surface area contributed by atoms with Gasteiger partial charge >= 0.3 is 0 Å². The van der Waals surface area contributed by atoms with Crippen LogP contribution in [0.2, 0.25) is 5.02 Å². The van der Waals surface area contributed by atoms with Gasteiger partial charge in [0.15, 0.2) is 5.82 Å². The summed E-state index contributed by atoms with van der Waals surface area (Å²) in [5, 5.41) is 1.62. The minimum atomic E-state index is -0.579. The average molecular weight is 452 g/mol. The van der Waals surface area contributed by atoms with Crippen LogP contribution in [-0.2, 0) is 0 Å². The molecule has 1 aliphatic heterocycles. The Morgan fingerprint density at radius 2 is 1.84 bits per heavy atom. The largest absolute Gasteiger partial charge is 0.353 e. The molecule has 3 heterocycles. The molecule has 1 fully saturated rings. The lowest BCUT2D eigenvalue weighted by molar-refractivity contribution is 0.284. The molecule has 4 aromatic rings. The molecule has 5 nitrogen and oxygen atoms in total. The third-order valence-corrected chi connectivity index (χ3v) is 6.22. The first-order valence-corrected chi connectivity index (χ1v) is 10.7. The molecule has 2 aromatic heterocycles. The van der Waals surface area contributed by atoms with Gasteiger partial charge in [0.25, 0.3) is 0 Å². The molecule has 0 atom stereocenters. The van der Waals surface area contributed by atoms with E-state index in [1.54, 1.807) is 30.5 Å². The average Bonchev–Trinajstić information content (AvgIpc) is 2.82. The van der Waals surface area contributed by atoms with Gasteiger partial charge in [-0.25, -0.2) is 18.7 Å². The summed E-state index contributed by atoms with van der Waals surface area (Å²) in [4.78, 5) is 17.5. The maximum atomic E-state index is 15.7. The van der Waals surface area contributed by atoms with Gasteiger partial charge in [-0.3, -0.25) is 9.88 Å². The zero-order chi connectivity index (χ0) is 22.2. The zero-order valence-electron chi connectivity index (χ0n) is 17.2. The maximum absolute atomic E-state index is 15.7. The van der Waals surface area contributed by atoms with Crippen LogP contribution in [0.5, 0.6) is 0 Å². The molecule has 32 heavy (non-hydrogen) atoms. The van der Waals surface area contributed by atoms with Crippen LogP contribution < -0.4 is 4.90 Å². The van der Waals surface area contributed by atoms with Crippen molar-refractivity contribution in [3.05, 3.63) is 72.2 Å². The van der Waals surface area contributed by atoms with Gasteiger partial charge in [0.05, 0.1) is 10.4 Å². The fourth-order valence-electron chi connectivity index (χ4n) is 4.25. The van der Waals surface area contributed by atoms with Crippen molar-refractivity contribution in [3.63, 3.8) is 0 Å². The van der Waals surface area contributed by atoms with Crippen LogP contribution in [0.15, 0.2) is 55.5 Å². The number of benzene rings is 2. The van der Waals surface area contributed by atoms with Gasteiger partial charge in [0.2, 0.25) is 0 Å². The molecule has 5 rings (SSSR count). The first-order valence-electron chi connectivity index (χ1n) is 10.3. The number of fused-ring (bicyclic) bond motifs is 2. The summed E-state index contributed by atoms with van der Waals surface area (Å²) in [6.07, 6.45) is 4.85. The fraction of sp³-hybridized carbons (Fsp3) is 0.208. The summed E-state index contributed by atoms with van der Waals surface area (Å²) >= 11 is 6.24. The van der Waals surface area contributed by atoms with E-state index in [2.05, 4.69) is 31.3 Å². The van der Waals surface area contributed by atoms with Crippen LogP contribution in [0.4, 0.5) is 14.6 Å². The Bertz CT molecular complexity index is 1340. The lowest BCUT2D eigenvalue weighted by Crippen LogP contribution is -2.46. The third kappa shape index (κ3) is 3.47. The van der Waals surface area contributed by atoms with Gasteiger partial charge in [-0.1, -0.05) is 41.9 Å². The van der Waals surface area contributed by atoms with Crippen molar-refractivity contribution < 1.29 is 8.78 Å². The number of pyridine rings is 1. The van der Waals surface area contributed by atoms with Crippen molar-refractivity contribution in [1.82, 2.24) is 19.9 Å². The van der Waals surface area contributed by atoms with Crippen molar-refractivity contribution in [2.75, 3.05) is 37.6 Å². The maximum Gasteiger partial charge on any atom is 0.175 e. The number of aromatic nitrogens is 3. The smallest absolute Gasteiger partial charge is 0.175 e. The zero-order valence-corrected chi connectivity index (χ0v) is 18.0. The van der Waals surface area contributed by atoms with Crippen molar-refractivity contribution in [2.45, 2.75) is 0 Å². The summed E-state index contributed by atoms with van der Waals surface area (Å²) in [7, 11) is 0. The second-order valence-electron chi connectivity index (χ2n) is 7.72. The topological polar surface area (TPSA) is 45.2 Å². The fourth-order valence-corrected chi connectivity index (χ4v) is 4.52. The number of hydrogen-bond donors (Lipinski definition) is 0. The van der Waals surface area contributed by atoms with Gasteiger partial charge in [-0.15, -0.1) is 6.58 Å². The number of hydrogen-bond acceptors (Lipinski definition) is 5. The van der Waals surface area contributed by atoms with E-state index in [1.165, 1.54) is 12.4 Å². The molecule has 0 spiro atoms. The first-order chi connectivity index (χ1) is 15.6. The SMILES string of the molecule is C=CCN1CCN(c2ncnc3c(F)c(-c4cccc5ccc(F)c(Cl)c45)ncc23)CC1. The molecule has 0 radical (unpaired) electrons. The standard InChI is InChI=1S/C24H20ClF2N5/c1-2-8-31-9-11-32(12-10-31)24-17-13-28-22(21(27)23(17)29-14-30-24)16-5-3-4-15-6-7-18(26)20(25)19(15)16/h2-7,13-14H,1,8-12H2. The Morgan fingerprint density at radius 1 is 1.03 bits per heavy atom. The monoisotopic (exact) mass is 451 g/mol. The molecule has 162 valence electrons. The van der Waals surface area contributed by atoms with E-state index in [-0.39, 0.29) is 16.2 Å². The van der Waals surface area contributed by atoms with Crippen molar-refractivity contribution in [2.24, 2.45) is 0 Å². The van der Waals surface area contributed by atoms with Crippen LogP contribution in [0, 0.1) is 11.6 Å². The Labute approximate surface area is 189 Å². The molecule has 1 aliphatic rings. The van der Waals surface area contributed by atoms with E-state index in [0.29, 0.717) is 27.5 Å². The van der Waals surface area contributed by atoms with Crippen molar-refractivity contribution in [3.8, 4) is 11.3 Å². The van der Waals surface area contributed by atoms with Crippen LogP contribution in [0.25, 0.3) is 32.9 Å². The molecule has 2 aromatic carbocycles. The van der Waals surface area contributed by atoms with E-state index in [4.69, 9.17) is 11.6 Å². The molecular weight excluding hydrogens is 432 g/mol. The summed E-state index contributed by atoms with van der Waals surface area (Å²) in [5.74, 6) is -0.481. The first kappa shape index (κ1) is 20.7. The van der Waals surface area contributed by atoms with E-state index in [0.717, 1.165) is 32.7 Å². The van der Waals surface area contributed by atoms with Crippen molar-refractivity contribution in [1.29, 1.82) is 0 Å². The number of anilines is 1. The molecule has 0 unspecified atom stereocenters. The Kier molecular flexibility index (Phi) is 5.45. The summed E-state index contributed by atoms with van der Waals surface area (Å²) in [6, 6.07) is 8.17. The highest BCUT2D eigenvalue weighted by molar-refractivity contribution is 6.36. The van der Waals surface area contributed by atoms with E-state index < -0.39 is 11.6 Å². The normalized spacial score (nSPS) is 14.9. The van der Waals surface area contributed by atoms with E-state index in [1.807, 2.05) is 6.08 Å². The van der Waals surface area contributed by atoms with Gasteiger partial charge < -0.3 is 4.90 Å². The molecule has 0 aliphatic carbocycles. The molecule has 1 saturated heterocycles. The number of nitrogens with zero attached hydrogens (tertiary/aromatic N) is 5. The number of piperazine rings is 1. The molecule has 0 N–H and O–H groups in total. The lowest BCUT2D eigenvalue weighted by Gasteiger charge is -2.35. The summed E-state index contributed by atoms with van der Waals surface area (Å²) in [5.41, 5.74) is 0.679. The second-order valence-corrected chi connectivity index (χ2v) is 8.10. The van der Waals surface area contributed by atoms with Gasteiger partial charge in [-0.2, -0.15) is 0 Å². The Balaban J connectivity index is 1.60. The molecule has 0 bridgehead atoms. The van der Waals surface area contributed by atoms with Gasteiger partial charge in [0, 0.05) is 49.9 Å². The van der Waals surface area contributed by atoms with Crippen molar-refractivity contribution >= 4 is 39.1 Å². The highest BCUT2D eigenvalue weighted by Gasteiger charge is 2.23. The van der Waals surface area contributed by atoms with Gasteiger partial charge in [-0.05, 0) is 11.5 Å². The Hall–Kier alpha value is -3.16. The quantitative estimate of drug-likeness (QED) is 0.405. The van der Waals surface area contributed by atoms with E-state index >= 15 is 4.39 Å².